The Balaban J connectivity index is 2.26. The molecule has 3 heteroatoms. The summed E-state index contributed by atoms with van der Waals surface area (Å²) in [6, 6.07) is 7.95. The Bertz CT molecular complexity index is 569. The zero-order chi connectivity index (χ0) is 12.2. The third-order valence-corrected chi connectivity index (χ3v) is 3.44. The highest BCUT2D eigenvalue weighted by molar-refractivity contribution is 6.46. The number of carbonyl (C=O) groups excluding carboxylic acids is 2. The van der Waals surface area contributed by atoms with E-state index in [9.17, 15) is 9.59 Å². The quantitative estimate of drug-likeness (QED) is 0.633. The van der Waals surface area contributed by atoms with Gasteiger partial charge in [0.15, 0.2) is 0 Å². The molecule has 0 saturated carbocycles. The Labute approximate surface area is 99.7 Å². The van der Waals surface area contributed by atoms with Crippen molar-refractivity contribution in [2.45, 2.75) is 25.8 Å². The molecule has 0 fully saturated rings. The van der Waals surface area contributed by atoms with E-state index in [2.05, 4.69) is 6.07 Å². The van der Waals surface area contributed by atoms with Crippen molar-refractivity contribution < 1.29 is 9.59 Å². The third kappa shape index (κ3) is 1.28. The smallest absolute Gasteiger partial charge is 0.299 e. The minimum Gasteiger partial charge on any atom is -0.299 e. The molecule has 2 heterocycles. The van der Waals surface area contributed by atoms with Crippen LogP contribution in [-0.4, -0.2) is 22.1 Å². The predicted octanol–water partition coefficient (Wildman–Crippen LogP) is 1.77. The Morgan fingerprint density at radius 1 is 1.18 bits per heavy atom. The molecule has 1 aromatic rings. The number of hydrogen-bond acceptors (Lipinski definition) is 2. The summed E-state index contributed by atoms with van der Waals surface area (Å²) in [5.41, 5.74) is 2.63. The maximum Gasteiger partial charge on any atom is 0.299 e. The largest absolute Gasteiger partial charge is 0.299 e. The van der Waals surface area contributed by atoms with E-state index < -0.39 is 11.7 Å². The number of rotatable bonds is 0. The summed E-state index contributed by atoms with van der Waals surface area (Å²) >= 11 is 0. The molecule has 17 heavy (non-hydrogen) atoms. The Morgan fingerprint density at radius 2 is 1.88 bits per heavy atom. The summed E-state index contributed by atoms with van der Waals surface area (Å²) < 4.78 is 0. The highest BCUT2D eigenvalue weighted by Gasteiger charge is 2.44. The minimum atomic E-state index is -0.412. The van der Waals surface area contributed by atoms with E-state index in [-0.39, 0.29) is 5.54 Å². The number of ketones is 1. The van der Waals surface area contributed by atoms with Crippen LogP contribution in [0.2, 0.25) is 0 Å². The normalized spacial score (nSPS) is 21.1. The number of fused-ring (bicyclic) bond motifs is 3. The molecule has 0 N–H and O–H groups in total. The van der Waals surface area contributed by atoms with Gasteiger partial charge in [0, 0.05) is 17.2 Å². The molecule has 86 valence electrons. The SMILES string of the molecule is CC1(C)Cc2ccccc2C2=CC(=O)C(=O)N21. The van der Waals surface area contributed by atoms with E-state index in [0.29, 0.717) is 0 Å². The molecule has 2 aliphatic rings. The lowest BCUT2D eigenvalue weighted by atomic mass is 9.84. The van der Waals surface area contributed by atoms with E-state index in [1.807, 2.05) is 32.0 Å². The van der Waals surface area contributed by atoms with Gasteiger partial charge in [-0.05, 0) is 25.8 Å². The minimum absolute atomic E-state index is 0.330. The van der Waals surface area contributed by atoms with Crippen molar-refractivity contribution in [2.24, 2.45) is 0 Å². The van der Waals surface area contributed by atoms with Crippen LogP contribution in [0.25, 0.3) is 5.70 Å². The fourth-order valence-corrected chi connectivity index (χ4v) is 2.74. The predicted molar refractivity (Wildman–Crippen MR) is 64.1 cm³/mol. The van der Waals surface area contributed by atoms with Crippen molar-refractivity contribution in [3.63, 3.8) is 0 Å². The molecule has 2 aliphatic heterocycles. The van der Waals surface area contributed by atoms with Crippen molar-refractivity contribution in [3.8, 4) is 0 Å². The number of hydrogen-bond donors (Lipinski definition) is 0. The fraction of sp³-hybridized carbons (Fsp3) is 0.286. The molecule has 0 saturated heterocycles. The summed E-state index contributed by atoms with van der Waals surface area (Å²) in [5, 5.41) is 0. The zero-order valence-corrected chi connectivity index (χ0v) is 9.86. The maximum absolute atomic E-state index is 11.9. The van der Waals surface area contributed by atoms with Crippen LogP contribution in [0.5, 0.6) is 0 Å². The molecule has 1 amide bonds. The van der Waals surface area contributed by atoms with Crippen molar-refractivity contribution >= 4 is 17.4 Å². The standard InChI is InChI=1S/C14H13NO2/c1-14(2)8-9-5-3-4-6-10(9)11-7-12(16)13(17)15(11)14/h3-7H,8H2,1-2H3. The first kappa shape index (κ1) is 10.3. The average molecular weight is 227 g/mol. The van der Waals surface area contributed by atoms with E-state index in [4.69, 9.17) is 0 Å². The number of nitrogens with zero attached hydrogens (tertiary/aromatic N) is 1. The van der Waals surface area contributed by atoms with Crippen LogP contribution in [0.3, 0.4) is 0 Å². The molecule has 1 aromatic carbocycles. The molecule has 0 unspecified atom stereocenters. The Morgan fingerprint density at radius 3 is 2.65 bits per heavy atom. The second kappa shape index (κ2) is 3.06. The summed E-state index contributed by atoms with van der Waals surface area (Å²) in [6.07, 6.45) is 2.24. The molecule has 0 aromatic heterocycles. The first-order valence-corrected chi connectivity index (χ1v) is 5.69. The van der Waals surface area contributed by atoms with Crippen molar-refractivity contribution in [2.75, 3.05) is 0 Å². The van der Waals surface area contributed by atoms with E-state index in [1.165, 1.54) is 11.6 Å². The van der Waals surface area contributed by atoms with Crippen molar-refractivity contribution in [1.29, 1.82) is 0 Å². The van der Waals surface area contributed by atoms with Gasteiger partial charge in [-0.3, -0.25) is 14.5 Å². The van der Waals surface area contributed by atoms with Crippen molar-refractivity contribution in [1.82, 2.24) is 4.90 Å². The average Bonchev–Trinajstić information content (AvgIpc) is 2.56. The fourth-order valence-electron chi connectivity index (χ4n) is 2.74. The molecule has 0 atom stereocenters. The lowest BCUT2D eigenvalue weighted by Gasteiger charge is -2.41. The van der Waals surface area contributed by atoms with Crippen LogP contribution in [-0.2, 0) is 16.0 Å². The highest BCUT2D eigenvalue weighted by Crippen LogP contribution is 2.40. The van der Waals surface area contributed by atoms with Crippen LogP contribution in [0, 0.1) is 0 Å². The molecule has 0 aliphatic carbocycles. The van der Waals surface area contributed by atoms with E-state index in [1.54, 1.807) is 4.90 Å². The summed E-state index contributed by atoms with van der Waals surface area (Å²) in [7, 11) is 0. The van der Waals surface area contributed by atoms with Crippen LogP contribution in [0.1, 0.15) is 25.0 Å². The first-order chi connectivity index (χ1) is 8.00. The van der Waals surface area contributed by atoms with Crippen LogP contribution in [0.4, 0.5) is 0 Å². The van der Waals surface area contributed by atoms with Gasteiger partial charge in [0.05, 0.1) is 5.70 Å². The van der Waals surface area contributed by atoms with Crippen LogP contribution in [0.15, 0.2) is 30.3 Å². The van der Waals surface area contributed by atoms with Crippen LogP contribution < -0.4 is 0 Å². The zero-order valence-electron chi connectivity index (χ0n) is 9.86. The molecule has 0 spiro atoms. The van der Waals surface area contributed by atoms with Gasteiger partial charge < -0.3 is 0 Å². The Kier molecular flexibility index (Phi) is 1.85. The molecule has 0 bridgehead atoms. The molecule has 0 radical (unpaired) electrons. The van der Waals surface area contributed by atoms with Gasteiger partial charge in [-0.2, -0.15) is 0 Å². The van der Waals surface area contributed by atoms with Gasteiger partial charge in [0.25, 0.3) is 5.91 Å². The maximum atomic E-state index is 11.9. The second-order valence-electron chi connectivity index (χ2n) is 5.18. The molecular weight excluding hydrogens is 214 g/mol. The summed E-state index contributed by atoms with van der Waals surface area (Å²) in [6.45, 7) is 3.99. The lowest BCUT2D eigenvalue weighted by molar-refractivity contribution is -0.141. The van der Waals surface area contributed by atoms with Crippen LogP contribution >= 0.6 is 0 Å². The Hall–Kier alpha value is -1.90. The molecule has 3 nitrogen and oxygen atoms in total. The van der Waals surface area contributed by atoms with Gasteiger partial charge in [0.2, 0.25) is 5.78 Å². The highest BCUT2D eigenvalue weighted by atomic mass is 16.2. The van der Waals surface area contributed by atoms with Gasteiger partial charge in [-0.25, -0.2) is 0 Å². The monoisotopic (exact) mass is 227 g/mol. The summed E-state index contributed by atoms with van der Waals surface area (Å²) in [5.74, 6) is -0.815. The first-order valence-electron chi connectivity index (χ1n) is 5.69. The molecular formula is C14H13NO2. The second-order valence-corrected chi connectivity index (χ2v) is 5.18. The number of benzene rings is 1. The van der Waals surface area contributed by atoms with Crippen molar-refractivity contribution in [3.05, 3.63) is 41.5 Å². The topological polar surface area (TPSA) is 37.4 Å². The number of carbonyl (C=O) groups is 2. The summed E-state index contributed by atoms with van der Waals surface area (Å²) in [4.78, 5) is 25.1. The van der Waals surface area contributed by atoms with E-state index in [0.717, 1.165) is 17.7 Å². The van der Waals surface area contributed by atoms with E-state index >= 15 is 0 Å². The van der Waals surface area contributed by atoms with Gasteiger partial charge in [0.1, 0.15) is 0 Å². The van der Waals surface area contributed by atoms with Gasteiger partial charge in [-0.1, -0.05) is 24.3 Å². The lowest BCUT2D eigenvalue weighted by Crippen LogP contribution is -2.49. The molecule has 3 rings (SSSR count). The number of amides is 1. The van der Waals surface area contributed by atoms with Gasteiger partial charge in [-0.15, -0.1) is 0 Å². The third-order valence-electron chi connectivity index (χ3n) is 3.44. The van der Waals surface area contributed by atoms with Gasteiger partial charge >= 0.3 is 0 Å².